The van der Waals surface area contributed by atoms with Gasteiger partial charge in [-0.2, -0.15) is 4.59 Å². The second-order valence-electron chi connectivity index (χ2n) is 8.94. The molecule has 1 unspecified atom stereocenters. The molecule has 0 bridgehead atoms. The van der Waals surface area contributed by atoms with Gasteiger partial charge in [0, 0.05) is 22.6 Å². The number of aromatic nitrogens is 4. The fourth-order valence-corrected chi connectivity index (χ4v) is 4.61. The number of H-pyrrole nitrogens is 1. The smallest absolute Gasteiger partial charge is 0.346 e. The van der Waals surface area contributed by atoms with Crippen LogP contribution in [0.1, 0.15) is 39.7 Å². The summed E-state index contributed by atoms with van der Waals surface area (Å²) in [6.45, 7) is 8.74. The number of esters is 1. The number of carbonyl (C=O) groups excluding carboxylic acids is 1. The molecule has 9 heteroatoms. The van der Waals surface area contributed by atoms with Crippen LogP contribution in [0.3, 0.4) is 0 Å². The second kappa shape index (κ2) is 9.87. The third-order valence-corrected chi connectivity index (χ3v) is 6.05. The van der Waals surface area contributed by atoms with Crippen molar-refractivity contribution in [1.82, 2.24) is 20.6 Å². The summed E-state index contributed by atoms with van der Waals surface area (Å²) in [6, 6.07) is 12.4. The molecule has 0 saturated heterocycles. The van der Waals surface area contributed by atoms with Crippen LogP contribution in [0.4, 0.5) is 4.39 Å². The summed E-state index contributed by atoms with van der Waals surface area (Å²) in [4.78, 5) is 13.1. The van der Waals surface area contributed by atoms with Crippen molar-refractivity contribution in [1.29, 1.82) is 0 Å². The zero-order chi connectivity index (χ0) is 25.2. The van der Waals surface area contributed by atoms with Gasteiger partial charge in [-0.25, -0.2) is 14.3 Å². The number of halogens is 1. The van der Waals surface area contributed by atoms with Gasteiger partial charge in [0.05, 0.1) is 13.7 Å². The van der Waals surface area contributed by atoms with Gasteiger partial charge in [0.15, 0.2) is 17.1 Å². The summed E-state index contributed by atoms with van der Waals surface area (Å²) in [5, 5.41) is 18.9. The molecule has 2 heterocycles. The molecule has 0 saturated carbocycles. The van der Waals surface area contributed by atoms with Crippen LogP contribution in [0, 0.1) is 11.7 Å². The molecule has 8 nitrogen and oxygen atoms in total. The van der Waals surface area contributed by atoms with E-state index in [-0.39, 0.29) is 17.1 Å². The Kier molecular flexibility index (Phi) is 6.88. The fourth-order valence-electron chi connectivity index (χ4n) is 4.61. The van der Waals surface area contributed by atoms with Gasteiger partial charge < -0.3 is 4.74 Å². The van der Waals surface area contributed by atoms with Crippen LogP contribution in [0.15, 0.2) is 53.1 Å². The van der Waals surface area contributed by atoms with Crippen LogP contribution in [0.25, 0.3) is 28.2 Å². The fraction of sp³-hybridized carbons (Fsp3) is 0.346. The Morgan fingerprint density at radius 3 is 2.46 bits per heavy atom. The van der Waals surface area contributed by atoms with Crippen LogP contribution < -0.4 is 0 Å². The molecule has 0 fully saturated rings. The van der Waals surface area contributed by atoms with E-state index in [2.05, 4.69) is 27.5 Å². The molecule has 1 aliphatic heterocycles. The predicted octanol–water partition coefficient (Wildman–Crippen LogP) is 4.83. The molecule has 0 spiro atoms. The largest absolute Gasteiger partial charge is 0.462 e. The van der Waals surface area contributed by atoms with E-state index < -0.39 is 11.8 Å². The summed E-state index contributed by atoms with van der Waals surface area (Å²) < 4.78 is 21.3. The van der Waals surface area contributed by atoms with Gasteiger partial charge in [0.2, 0.25) is 0 Å². The Morgan fingerprint density at radius 2 is 1.86 bits per heavy atom. The SMILES string of the molecule is CCC[N+]1(C)N=C(C(C)C)C(C(=O)OCC)=C1c1ccc(-c2ccccc2-c2nnn[nH]2)c(F)c1. The van der Waals surface area contributed by atoms with Gasteiger partial charge in [-0.1, -0.05) is 56.2 Å². The lowest BCUT2D eigenvalue weighted by Crippen LogP contribution is -2.36. The average Bonchev–Trinajstić information content (AvgIpc) is 3.46. The highest BCUT2D eigenvalue weighted by Gasteiger charge is 2.45. The van der Waals surface area contributed by atoms with Gasteiger partial charge >= 0.3 is 5.97 Å². The summed E-state index contributed by atoms with van der Waals surface area (Å²) in [5.74, 6) is -0.387. The van der Waals surface area contributed by atoms with Crippen molar-refractivity contribution in [2.75, 3.05) is 20.2 Å². The van der Waals surface area contributed by atoms with Gasteiger partial charge in [-0.05, 0) is 41.5 Å². The number of hydrogen-bond donors (Lipinski definition) is 1. The van der Waals surface area contributed by atoms with Crippen LogP contribution >= 0.6 is 0 Å². The normalized spacial score (nSPS) is 17.7. The van der Waals surface area contributed by atoms with E-state index >= 15 is 4.39 Å². The van der Waals surface area contributed by atoms with Crippen molar-refractivity contribution >= 4 is 17.4 Å². The first-order valence-electron chi connectivity index (χ1n) is 11.8. The van der Waals surface area contributed by atoms with Crippen molar-refractivity contribution in [3.8, 4) is 22.5 Å². The van der Waals surface area contributed by atoms with Crippen LogP contribution in [-0.2, 0) is 9.53 Å². The Balaban J connectivity index is 1.88. The number of ether oxygens (including phenoxy) is 1. The molecule has 182 valence electrons. The molecule has 4 rings (SSSR count). The number of nitrogens with one attached hydrogen (secondary N) is 1. The number of quaternary nitrogens is 1. The molecule has 2 aromatic carbocycles. The summed E-state index contributed by atoms with van der Waals surface area (Å²) in [7, 11) is 1.95. The van der Waals surface area contributed by atoms with Crippen molar-refractivity contribution in [2.24, 2.45) is 11.0 Å². The number of rotatable bonds is 8. The number of carbonyl (C=O) groups is 1. The molecule has 1 atom stereocenters. The van der Waals surface area contributed by atoms with Gasteiger partial charge in [-0.15, -0.1) is 5.10 Å². The van der Waals surface area contributed by atoms with E-state index in [1.165, 1.54) is 6.07 Å². The Labute approximate surface area is 204 Å². The van der Waals surface area contributed by atoms with Crippen molar-refractivity contribution < 1.29 is 18.5 Å². The molecule has 1 aliphatic rings. The first-order valence-corrected chi connectivity index (χ1v) is 11.8. The lowest BCUT2D eigenvalue weighted by molar-refractivity contribution is -0.844. The molecule has 35 heavy (non-hydrogen) atoms. The van der Waals surface area contributed by atoms with E-state index in [4.69, 9.17) is 9.84 Å². The Hall–Kier alpha value is -3.72. The minimum absolute atomic E-state index is 0.00715. The van der Waals surface area contributed by atoms with Gasteiger partial charge in [0.1, 0.15) is 18.1 Å². The lowest BCUT2D eigenvalue weighted by Gasteiger charge is -2.26. The molecule has 0 radical (unpaired) electrons. The van der Waals surface area contributed by atoms with Crippen LogP contribution in [0.5, 0.6) is 0 Å². The number of tetrazole rings is 1. The number of aromatic amines is 1. The summed E-state index contributed by atoms with van der Waals surface area (Å²) >= 11 is 0. The van der Waals surface area contributed by atoms with Crippen molar-refractivity contribution in [3.05, 3.63) is 59.4 Å². The molecular formula is C26H30FN6O2+. The standard InChI is InChI=1S/C26H29FN6O2/c1-6-14-33(5)24(22(26(34)35-7-2)23(30-33)16(3)4)17-12-13-19(21(27)15-17)18-10-8-9-11-20(18)25-28-31-32-29-25/h8-13,15-16H,6-7,14H2,1-5H3/p+1. The zero-order valence-electron chi connectivity index (χ0n) is 20.7. The Morgan fingerprint density at radius 1 is 1.11 bits per heavy atom. The summed E-state index contributed by atoms with van der Waals surface area (Å²) in [5.41, 5.74) is 4.13. The maximum absolute atomic E-state index is 15.7. The molecule has 1 aromatic heterocycles. The molecular weight excluding hydrogens is 447 g/mol. The number of benzene rings is 2. The summed E-state index contributed by atoms with van der Waals surface area (Å²) in [6.07, 6.45) is 0.837. The second-order valence-corrected chi connectivity index (χ2v) is 8.94. The third-order valence-electron chi connectivity index (χ3n) is 6.05. The zero-order valence-corrected chi connectivity index (χ0v) is 20.7. The molecule has 0 amide bonds. The monoisotopic (exact) mass is 477 g/mol. The van der Waals surface area contributed by atoms with E-state index in [0.29, 0.717) is 51.6 Å². The van der Waals surface area contributed by atoms with E-state index in [1.54, 1.807) is 13.0 Å². The molecule has 0 aliphatic carbocycles. The topological polar surface area (TPSA) is 93.1 Å². The maximum Gasteiger partial charge on any atom is 0.346 e. The Bertz CT molecular complexity index is 1300. The number of hydrogen-bond acceptors (Lipinski definition) is 6. The minimum Gasteiger partial charge on any atom is -0.462 e. The highest BCUT2D eigenvalue weighted by atomic mass is 19.1. The van der Waals surface area contributed by atoms with Crippen LogP contribution in [-0.4, -0.2) is 57.1 Å². The maximum atomic E-state index is 15.7. The first kappa shape index (κ1) is 24.4. The molecule has 1 N–H and O–H groups in total. The van der Waals surface area contributed by atoms with Crippen molar-refractivity contribution in [3.63, 3.8) is 0 Å². The van der Waals surface area contributed by atoms with E-state index in [1.807, 2.05) is 51.2 Å². The van der Waals surface area contributed by atoms with Gasteiger partial charge in [0.25, 0.3) is 0 Å². The quantitative estimate of drug-likeness (QED) is 0.371. The van der Waals surface area contributed by atoms with E-state index in [0.717, 1.165) is 6.42 Å². The highest BCUT2D eigenvalue weighted by molar-refractivity contribution is 6.25. The predicted molar refractivity (Wildman–Crippen MR) is 132 cm³/mol. The van der Waals surface area contributed by atoms with Crippen molar-refractivity contribution in [2.45, 2.75) is 34.1 Å². The minimum atomic E-state index is -0.430. The third kappa shape index (κ3) is 4.51. The lowest BCUT2D eigenvalue weighted by atomic mass is 9.93. The van der Waals surface area contributed by atoms with E-state index in [9.17, 15) is 4.79 Å². The molecule has 3 aromatic rings. The first-order chi connectivity index (χ1) is 16.8. The number of nitrogens with zero attached hydrogens (tertiary/aromatic N) is 5. The van der Waals surface area contributed by atoms with Gasteiger partial charge in [-0.3, -0.25) is 0 Å². The average molecular weight is 478 g/mol. The highest BCUT2D eigenvalue weighted by Crippen LogP contribution is 2.40. The van der Waals surface area contributed by atoms with Crippen LogP contribution in [0.2, 0.25) is 0 Å².